The molecule has 228 valence electrons. The van der Waals surface area contributed by atoms with E-state index in [0.29, 0.717) is 60.1 Å². The van der Waals surface area contributed by atoms with Crippen molar-refractivity contribution in [1.29, 1.82) is 0 Å². The van der Waals surface area contributed by atoms with Gasteiger partial charge in [0.1, 0.15) is 17.5 Å². The van der Waals surface area contributed by atoms with E-state index in [4.69, 9.17) is 14.2 Å². The van der Waals surface area contributed by atoms with Gasteiger partial charge in [0.2, 0.25) is 17.7 Å². The normalized spacial score (nSPS) is 17.4. The molecule has 0 unspecified atom stereocenters. The van der Waals surface area contributed by atoms with Crippen LogP contribution in [0.15, 0.2) is 36.4 Å². The van der Waals surface area contributed by atoms with Crippen LogP contribution in [0, 0.1) is 11.8 Å². The maximum atomic E-state index is 13.3. The second kappa shape index (κ2) is 15.1. The molecule has 4 amide bonds. The van der Waals surface area contributed by atoms with Crippen LogP contribution < -0.4 is 30.2 Å². The Labute approximate surface area is 247 Å². The zero-order valence-electron chi connectivity index (χ0n) is 25.2. The fourth-order valence-corrected chi connectivity index (χ4v) is 4.60. The number of amides is 4. The molecular weight excluding hydrogens is 540 g/mol. The van der Waals surface area contributed by atoms with Crippen molar-refractivity contribution in [3.05, 3.63) is 47.5 Å². The van der Waals surface area contributed by atoms with Gasteiger partial charge in [-0.15, -0.1) is 0 Å². The molecule has 2 aromatic rings. The van der Waals surface area contributed by atoms with Crippen LogP contribution >= 0.6 is 0 Å². The summed E-state index contributed by atoms with van der Waals surface area (Å²) in [6.07, 6.45) is 1.18. The molecule has 3 rings (SSSR count). The van der Waals surface area contributed by atoms with E-state index in [-0.39, 0.29) is 42.6 Å². The number of hydrogen-bond donors (Lipinski definition) is 3. The quantitative estimate of drug-likeness (QED) is 0.504. The lowest BCUT2D eigenvalue weighted by Gasteiger charge is -2.27. The van der Waals surface area contributed by atoms with E-state index in [9.17, 15) is 19.2 Å². The highest BCUT2D eigenvalue weighted by Gasteiger charge is 2.27. The average Bonchev–Trinajstić information content (AvgIpc) is 2.96. The molecule has 1 aliphatic rings. The monoisotopic (exact) mass is 582 g/mol. The Balaban J connectivity index is 1.99. The molecule has 2 bridgehead atoms. The molecule has 0 aromatic heterocycles. The Morgan fingerprint density at radius 1 is 0.952 bits per heavy atom. The number of rotatable bonds is 4. The molecule has 11 heteroatoms. The summed E-state index contributed by atoms with van der Waals surface area (Å²) in [6.45, 7) is 7.83. The molecule has 0 saturated heterocycles. The van der Waals surface area contributed by atoms with Crippen LogP contribution in [0.25, 0.3) is 0 Å². The van der Waals surface area contributed by atoms with Crippen molar-refractivity contribution in [2.45, 2.75) is 53.1 Å². The summed E-state index contributed by atoms with van der Waals surface area (Å²) in [5.74, 6) is -0.155. The maximum Gasteiger partial charge on any atom is 0.251 e. The number of ether oxygens (including phenoxy) is 3. The van der Waals surface area contributed by atoms with Crippen molar-refractivity contribution >= 4 is 23.6 Å². The third kappa shape index (κ3) is 8.37. The molecule has 0 radical (unpaired) electrons. The van der Waals surface area contributed by atoms with E-state index in [0.717, 1.165) is 0 Å². The number of methoxy groups -OCH3 is 2. The zero-order valence-corrected chi connectivity index (χ0v) is 25.2. The first kappa shape index (κ1) is 32.2. The fourth-order valence-electron chi connectivity index (χ4n) is 4.60. The highest BCUT2D eigenvalue weighted by atomic mass is 16.5. The van der Waals surface area contributed by atoms with Gasteiger partial charge in [-0.25, -0.2) is 0 Å². The summed E-state index contributed by atoms with van der Waals surface area (Å²) in [5.41, 5.74) is 0.938. The van der Waals surface area contributed by atoms with Gasteiger partial charge in [-0.3, -0.25) is 19.2 Å². The van der Waals surface area contributed by atoms with E-state index in [2.05, 4.69) is 16.0 Å². The fraction of sp³-hybridized carbons (Fsp3) is 0.484. The molecule has 0 saturated carbocycles. The van der Waals surface area contributed by atoms with Crippen molar-refractivity contribution in [1.82, 2.24) is 20.9 Å². The van der Waals surface area contributed by atoms with Crippen LogP contribution in [0.1, 0.15) is 56.5 Å². The van der Waals surface area contributed by atoms with E-state index >= 15 is 0 Å². The van der Waals surface area contributed by atoms with Crippen LogP contribution in [0.4, 0.5) is 0 Å². The summed E-state index contributed by atoms with van der Waals surface area (Å²) in [7, 11) is 3.02. The standard InChI is InChI=1S/C31H42N4O7/c1-19(2)28-30(38)33-17-22-23(40-5)10-9-11-24(22)42-26-16-21(12-13-25(26)41-6)29(37)32-14-7-8-15-35(18-27(36)34-28)31(39)20(3)4/h9-13,16,19-20,28H,7-8,14-15,17-18H2,1-6H3,(H,32,37)(H,33,38)(H,34,36)/t28-/m1/s1. The van der Waals surface area contributed by atoms with Gasteiger partial charge in [0.25, 0.3) is 5.91 Å². The third-order valence-electron chi connectivity index (χ3n) is 6.94. The second-order valence-corrected chi connectivity index (χ2v) is 10.8. The molecule has 1 heterocycles. The predicted molar refractivity (Wildman–Crippen MR) is 158 cm³/mol. The van der Waals surface area contributed by atoms with E-state index in [1.807, 2.05) is 13.8 Å². The van der Waals surface area contributed by atoms with Crippen LogP contribution in [-0.2, 0) is 20.9 Å². The lowest BCUT2D eigenvalue weighted by molar-refractivity contribution is -0.139. The summed E-state index contributed by atoms with van der Waals surface area (Å²) in [4.78, 5) is 53.7. The first-order chi connectivity index (χ1) is 20.0. The Bertz CT molecular complexity index is 1280. The van der Waals surface area contributed by atoms with Gasteiger partial charge in [0.15, 0.2) is 11.5 Å². The SMILES string of the molecule is COc1ccc2cc1Oc1cccc(OC)c1CNC(=O)[C@@H](C(C)C)NC(=O)CN(C(=O)C(C)C)CCCCNC2=O. The Morgan fingerprint density at radius 3 is 2.36 bits per heavy atom. The molecule has 1 aliphatic heterocycles. The first-order valence-corrected chi connectivity index (χ1v) is 14.2. The maximum absolute atomic E-state index is 13.3. The molecule has 2 aromatic carbocycles. The number of carbonyl (C=O) groups excluding carboxylic acids is 4. The molecule has 11 nitrogen and oxygen atoms in total. The molecule has 3 N–H and O–H groups in total. The largest absolute Gasteiger partial charge is 0.496 e. The van der Waals surface area contributed by atoms with Crippen LogP contribution in [0.5, 0.6) is 23.0 Å². The van der Waals surface area contributed by atoms with Crippen molar-refractivity contribution < 1.29 is 33.4 Å². The van der Waals surface area contributed by atoms with Gasteiger partial charge in [-0.1, -0.05) is 33.8 Å². The number of nitrogens with zero attached hydrogens (tertiary/aromatic N) is 1. The Morgan fingerprint density at radius 2 is 1.69 bits per heavy atom. The van der Waals surface area contributed by atoms with Gasteiger partial charge in [-0.05, 0) is 49.1 Å². The lowest BCUT2D eigenvalue weighted by Crippen LogP contribution is -2.52. The summed E-state index contributed by atoms with van der Waals surface area (Å²) in [5, 5.41) is 8.60. The van der Waals surface area contributed by atoms with Crippen molar-refractivity contribution in [2.24, 2.45) is 11.8 Å². The molecule has 42 heavy (non-hydrogen) atoms. The predicted octanol–water partition coefficient (Wildman–Crippen LogP) is 3.26. The smallest absolute Gasteiger partial charge is 0.251 e. The molecule has 0 aliphatic carbocycles. The third-order valence-corrected chi connectivity index (χ3v) is 6.94. The Hall–Kier alpha value is -4.28. The molecule has 0 spiro atoms. The summed E-state index contributed by atoms with van der Waals surface area (Å²) < 4.78 is 17.3. The van der Waals surface area contributed by atoms with Crippen molar-refractivity contribution in [3.8, 4) is 23.0 Å². The Kier molecular flexibility index (Phi) is 11.6. The minimum Gasteiger partial charge on any atom is -0.496 e. The van der Waals surface area contributed by atoms with Crippen LogP contribution in [0.3, 0.4) is 0 Å². The zero-order chi connectivity index (χ0) is 30.8. The van der Waals surface area contributed by atoms with Crippen LogP contribution in [-0.4, -0.2) is 68.4 Å². The van der Waals surface area contributed by atoms with Gasteiger partial charge in [-0.2, -0.15) is 0 Å². The van der Waals surface area contributed by atoms with Crippen molar-refractivity contribution in [3.63, 3.8) is 0 Å². The number of nitrogens with one attached hydrogen (secondary N) is 3. The van der Waals surface area contributed by atoms with Gasteiger partial charge < -0.3 is 35.1 Å². The van der Waals surface area contributed by atoms with E-state index in [1.165, 1.54) is 19.1 Å². The minimum atomic E-state index is -0.829. The number of hydrogen-bond acceptors (Lipinski definition) is 7. The van der Waals surface area contributed by atoms with Gasteiger partial charge in [0, 0.05) is 24.6 Å². The van der Waals surface area contributed by atoms with E-state index < -0.39 is 11.9 Å². The second-order valence-electron chi connectivity index (χ2n) is 10.8. The molecule has 1 atom stereocenters. The first-order valence-electron chi connectivity index (χ1n) is 14.2. The average molecular weight is 583 g/mol. The minimum absolute atomic E-state index is 0.0394. The van der Waals surface area contributed by atoms with E-state index in [1.54, 1.807) is 50.2 Å². The van der Waals surface area contributed by atoms with Gasteiger partial charge in [0.05, 0.1) is 32.9 Å². The van der Waals surface area contributed by atoms with Gasteiger partial charge >= 0.3 is 0 Å². The summed E-state index contributed by atoms with van der Waals surface area (Å²) >= 11 is 0. The molecular formula is C31H42N4O7. The number of carbonyl (C=O) groups is 4. The van der Waals surface area contributed by atoms with Crippen molar-refractivity contribution in [2.75, 3.05) is 33.9 Å². The highest BCUT2D eigenvalue weighted by molar-refractivity contribution is 5.95. The number of benzene rings is 2. The molecule has 0 fully saturated rings. The number of fused-ring (bicyclic) bond motifs is 3. The lowest BCUT2D eigenvalue weighted by atomic mass is 10.0. The summed E-state index contributed by atoms with van der Waals surface area (Å²) in [6, 6.07) is 9.30. The van der Waals surface area contributed by atoms with Crippen LogP contribution in [0.2, 0.25) is 0 Å². The topological polar surface area (TPSA) is 135 Å². The highest BCUT2D eigenvalue weighted by Crippen LogP contribution is 2.37.